The molecule has 1 heterocycles. The fourth-order valence-electron chi connectivity index (χ4n) is 2.28. The third-order valence-electron chi connectivity index (χ3n) is 3.59. The van der Waals surface area contributed by atoms with Crippen molar-refractivity contribution in [2.24, 2.45) is 5.73 Å². The highest BCUT2D eigenvalue weighted by atomic mass is 16.2. The Kier molecular flexibility index (Phi) is 4.33. The number of carbonyl (C=O) groups excluding carboxylic acids is 1. The first-order chi connectivity index (χ1) is 8.72. The number of nitrogens with two attached hydrogens (primary N) is 1. The molecule has 2 N–H and O–H groups in total. The topological polar surface area (TPSA) is 49.6 Å². The minimum Gasteiger partial charge on any atom is -0.336 e. The molecule has 0 aromatic heterocycles. The maximum atomic E-state index is 12.2. The van der Waals surface area contributed by atoms with Gasteiger partial charge in [-0.1, -0.05) is 18.2 Å². The van der Waals surface area contributed by atoms with Gasteiger partial charge in [-0.2, -0.15) is 0 Å². The highest BCUT2D eigenvalue weighted by molar-refractivity contribution is 5.94. The number of benzene rings is 1. The van der Waals surface area contributed by atoms with E-state index in [1.165, 1.54) is 0 Å². The second-order valence-corrected chi connectivity index (χ2v) is 4.78. The molecule has 1 fully saturated rings. The number of hydrogen-bond donors (Lipinski definition) is 1. The van der Waals surface area contributed by atoms with E-state index in [0.717, 1.165) is 31.7 Å². The van der Waals surface area contributed by atoms with Gasteiger partial charge in [0.2, 0.25) is 0 Å². The van der Waals surface area contributed by atoms with Gasteiger partial charge in [0.15, 0.2) is 0 Å². The van der Waals surface area contributed by atoms with Crippen LogP contribution in [-0.2, 0) is 0 Å². The minimum absolute atomic E-state index is 0.135. The van der Waals surface area contributed by atoms with E-state index >= 15 is 0 Å². The second kappa shape index (κ2) is 5.98. The number of piperazine rings is 1. The zero-order valence-electron chi connectivity index (χ0n) is 10.9. The van der Waals surface area contributed by atoms with E-state index in [-0.39, 0.29) is 5.91 Å². The molecular weight excluding hydrogens is 226 g/mol. The van der Waals surface area contributed by atoms with Gasteiger partial charge in [0.1, 0.15) is 0 Å². The van der Waals surface area contributed by atoms with Crippen molar-refractivity contribution in [1.29, 1.82) is 0 Å². The summed E-state index contributed by atoms with van der Waals surface area (Å²) in [5.74, 6) is 0.135. The van der Waals surface area contributed by atoms with E-state index < -0.39 is 0 Å². The molecule has 0 radical (unpaired) electrons. The smallest absolute Gasteiger partial charge is 0.253 e. The lowest BCUT2D eigenvalue weighted by Gasteiger charge is -2.37. The average Bonchev–Trinajstić information content (AvgIpc) is 2.47. The summed E-state index contributed by atoms with van der Waals surface area (Å²) in [6.45, 7) is 6.21. The molecule has 1 amide bonds. The molecule has 2 rings (SSSR count). The lowest BCUT2D eigenvalue weighted by atomic mass is 10.1. The second-order valence-electron chi connectivity index (χ2n) is 4.78. The molecule has 0 saturated carbocycles. The summed E-state index contributed by atoms with van der Waals surface area (Å²) in [6.07, 6.45) is 0. The molecule has 98 valence electrons. The first-order valence-corrected chi connectivity index (χ1v) is 6.51. The Hall–Kier alpha value is -1.39. The van der Waals surface area contributed by atoms with Crippen molar-refractivity contribution >= 4 is 5.91 Å². The number of hydrogen-bond acceptors (Lipinski definition) is 3. The number of amides is 1. The average molecular weight is 247 g/mol. The molecule has 18 heavy (non-hydrogen) atoms. The zero-order chi connectivity index (χ0) is 13.0. The van der Waals surface area contributed by atoms with E-state index in [1.807, 2.05) is 35.2 Å². The van der Waals surface area contributed by atoms with Crippen LogP contribution in [0.25, 0.3) is 0 Å². The molecule has 4 nitrogen and oxygen atoms in total. The van der Waals surface area contributed by atoms with Gasteiger partial charge < -0.3 is 10.6 Å². The predicted octanol–water partition coefficient (Wildman–Crippen LogP) is 0.792. The van der Waals surface area contributed by atoms with E-state index in [4.69, 9.17) is 5.73 Å². The molecule has 0 spiro atoms. The van der Waals surface area contributed by atoms with E-state index in [1.54, 1.807) is 0 Å². The molecule has 1 saturated heterocycles. The maximum Gasteiger partial charge on any atom is 0.253 e. The van der Waals surface area contributed by atoms with Crippen LogP contribution in [0.5, 0.6) is 0 Å². The van der Waals surface area contributed by atoms with Crippen LogP contribution in [0.3, 0.4) is 0 Å². The summed E-state index contributed by atoms with van der Waals surface area (Å²) in [5, 5.41) is 0. The molecular formula is C14H21N3O. The van der Waals surface area contributed by atoms with Crippen LogP contribution in [0.2, 0.25) is 0 Å². The van der Waals surface area contributed by atoms with Crippen LogP contribution in [0.15, 0.2) is 30.3 Å². The zero-order valence-corrected chi connectivity index (χ0v) is 10.9. The van der Waals surface area contributed by atoms with Crippen molar-refractivity contribution < 1.29 is 4.79 Å². The van der Waals surface area contributed by atoms with Gasteiger partial charge in [0.05, 0.1) is 0 Å². The Labute approximate surface area is 108 Å². The largest absolute Gasteiger partial charge is 0.336 e. The Morgan fingerprint density at radius 1 is 1.22 bits per heavy atom. The molecule has 1 aromatic carbocycles. The third-order valence-corrected chi connectivity index (χ3v) is 3.59. The van der Waals surface area contributed by atoms with E-state index in [9.17, 15) is 4.79 Å². The standard InChI is InChI=1S/C14H21N3O/c1-12(11-15)16-7-9-17(10-8-16)14(18)13-5-3-2-4-6-13/h2-6,12H,7-11,15H2,1H3. The molecule has 4 heteroatoms. The van der Waals surface area contributed by atoms with Crippen molar-refractivity contribution in [3.05, 3.63) is 35.9 Å². The monoisotopic (exact) mass is 247 g/mol. The summed E-state index contributed by atoms with van der Waals surface area (Å²) in [6, 6.07) is 9.88. The van der Waals surface area contributed by atoms with Crippen LogP contribution in [0.1, 0.15) is 17.3 Å². The first kappa shape index (κ1) is 13.1. The Bertz CT molecular complexity index is 385. The Morgan fingerprint density at radius 2 is 1.83 bits per heavy atom. The van der Waals surface area contributed by atoms with Crippen molar-refractivity contribution in [1.82, 2.24) is 9.80 Å². The van der Waals surface area contributed by atoms with E-state index in [0.29, 0.717) is 12.6 Å². The summed E-state index contributed by atoms with van der Waals surface area (Å²) in [7, 11) is 0. The molecule has 1 aliphatic heterocycles. The number of carbonyl (C=O) groups is 1. The highest BCUT2D eigenvalue weighted by Gasteiger charge is 2.23. The summed E-state index contributed by atoms with van der Waals surface area (Å²) >= 11 is 0. The van der Waals surface area contributed by atoms with Gasteiger partial charge in [0, 0.05) is 44.3 Å². The van der Waals surface area contributed by atoms with Gasteiger partial charge in [0.25, 0.3) is 5.91 Å². The molecule has 0 bridgehead atoms. The van der Waals surface area contributed by atoms with Gasteiger partial charge >= 0.3 is 0 Å². The Morgan fingerprint density at radius 3 is 2.39 bits per heavy atom. The summed E-state index contributed by atoms with van der Waals surface area (Å²) < 4.78 is 0. The van der Waals surface area contributed by atoms with Gasteiger partial charge in [-0.3, -0.25) is 9.69 Å². The van der Waals surface area contributed by atoms with Crippen molar-refractivity contribution in [2.75, 3.05) is 32.7 Å². The molecule has 1 unspecified atom stereocenters. The maximum absolute atomic E-state index is 12.2. The highest BCUT2D eigenvalue weighted by Crippen LogP contribution is 2.10. The molecule has 1 aliphatic rings. The summed E-state index contributed by atoms with van der Waals surface area (Å²) in [5.41, 5.74) is 6.44. The molecule has 1 aromatic rings. The normalized spacial score (nSPS) is 18.7. The van der Waals surface area contributed by atoms with Crippen LogP contribution in [-0.4, -0.2) is 54.5 Å². The third kappa shape index (κ3) is 2.89. The molecule has 1 atom stereocenters. The quantitative estimate of drug-likeness (QED) is 0.859. The van der Waals surface area contributed by atoms with Crippen molar-refractivity contribution in [3.8, 4) is 0 Å². The summed E-state index contributed by atoms with van der Waals surface area (Å²) in [4.78, 5) is 16.5. The fraction of sp³-hybridized carbons (Fsp3) is 0.500. The van der Waals surface area contributed by atoms with E-state index in [2.05, 4.69) is 11.8 Å². The van der Waals surface area contributed by atoms with Crippen molar-refractivity contribution in [3.63, 3.8) is 0 Å². The van der Waals surface area contributed by atoms with Crippen LogP contribution >= 0.6 is 0 Å². The predicted molar refractivity (Wildman–Crippen MR) is 72.4 cm³/mol. The fourth-order valence-corrected chi connectivity index (χ4v) is 2.28. The molecule has 0 aliphatic carbocycles. The first-order valence-electron chi connectivity index (χ1n) is 6.51. The van der Waals surface area contributed by atoms with Gasteiger partial charge in [-0.05, 0) is 19.1 Å². The number of rotatable bonds is 3. The van der Waals surface area contributed by atoms with Crippen LogP contribution in [0.4, 0.5) is 0 Å². The number of nitrogens with zero attached hydrogens (tertiary/aromatic N) is 2. The van der Waals surface area contributed by atoms with Gasteiger partial charge in [-0.15, -0.1) is 0 Å². The minimum atomic E-state index is 0.135. The lowest BCUT2D eigenvalue weighted by molar-refractivity contribution is 0.0589. The van der Waals surface area contributed by atoms with Gasteiger partial charge in [-0.25, -0.2) is 0 Å². The lowest BCUT2D eigenvalue weighted by Crippen LogP contribution is -2.52. The van der Waals surface area contributed by atoms with Crippen molar-refractivity contribution in [2.45, 2.75) is 13.0 Å². The SMILES string of the molecule is CC(CN)N1CCN(C(=O)c2ccccc2)CC1. The Balaban J connectivity index is 1.92. The van der Waals surface area contributed by atoms with Crippen LogP contribution in [0, 0.1) is 0 Å². The van der Waals surface area contributed by atoms with Crippen LogP contribution < -0.4 is 5.73 Å².